The molecule has 188 valence electrons. The van der Waals surface area contributed by atoms with Crippen molar-refractivity contribution in [1.29, 1.82) is 0 Å². The molecule has 0 fully saturated rings. The number of pyridine rings is 1. The quantitative estimate of drug-likeness (QED) is 0.369. The third-order valence-electron chi connectivity index (χ3n) is 5.01. The van der Waals surface area contributed by atoms with Gasteiger partial charge in [-0.3, -0.25) is 0 Å². The van der Waals surface area contributed by atoms with Gasteiger partial charge >= 0.3 is 0 Å². The Morgan fingerprint density at radius 2 is 1.91 bits per heavy atom. The minimum absolute atomic E-state index is 0. The van der Waals surface area contributed by atoms with E-state index >= 15 is 0 Å². The van der Waals surface area contributed by atoms with Gasteiger partial charge in [0.05, 0.1) is 6.21 Å². The van der Waals surface area contributed by atoms with Crippen LogP contribution < -0.4 is 20.8 Å². The number of anilines is 1. The zero-order valence-corrected chi connectivity index (χ0v) is 20.3. The number of hydrogen-bond donors (Lipinski definition) is 3. The molecule has 1 aliphatic rings. The van der Waals surface area contributed by atoms with Crippen molar-refractivity contribution >= 4 is 17.7 Å². The molecule has 9 heteroatoms. The van der Waals surface area contributed by atoms with E-state index in [1.54, 1.807) is 36.7 Å². The highest BCUT2D eigenvalue weighted by atomic mass is 19.1. The van der Waals surface area contributed by atoms with E-state index in [0.717, 1.165) is 17.2 Å². The van der Waals surface area contributed by atoms with Crippen LogP contribution in [0.1, 0.15) is 33.4 Å². The average molecular weight is 485 g/mol. The maximum Gasteiger partial charge on any atom is 0.135 e. The molecule has 0 radical (unpaired) electrons. The largest absolute Gasteiger partial charge is 0.457 e. The lowest BCUT2D eigenvalue weighted by Crippen LogP contribution is -2.39. The molecule has 1 atom stereocenters. The number of nitrogens with zero attached hydrogens (tertiary/aromatic N) is 3. The third-order valence-corrected chi connectivity index (χ3v) is 5.01. The second kappa shape index (κ2) is 11.9. The van der Waals surface area contributed by atoms with Crippen molar-refractivity contribution in [3.8, 4) is 11.5 Å². The van der Waals surface area contributed by atoms with Crippen molar-refractivity contribution in [3.05, 3.63) is 89.6 Å². The molecule has 1 aliphatic heterocycles. The summed E-state index contributed by atoms with van der Waals surface area (Å²) in [5, 5.41) is 12.1. The fourth-order valence-corrected chi connectivity index (χ4v) is 3.41. The van der Waals surface area contributed by atoms with E-state index in [2.05, 4.69) is 32.7 Å². The van der Waals surface area contributed by atoms with Crippen LogP contribution in [0.3, 0.4) is 0 Å². The second-order valence-corrected chi connectivity index (χ2v) is 7.56. The fourth-order valence-electron chi connectivity index (χ4n) is 3.41. The summed E-state index contributed by atoms with van der Waals surface area (Å²) in [6.07, 6.45) is 3.23. The Kier molecular flexibility index (Phi) is 8.74. The molecule has 35 heavy (non-hydrogen) atoms. The first-order chi connectivity index (χ1) is 16.9. The summed E-state index contributed by atoms with van der Waals surface area (Å²) in [7, 11) is 1.81. The summed E-state index contributed by atoms with van der Waals surface area (Å²) < 4.78 is 33.0. The molecule has 0 saturated heterocycles. The molecule has 4 rings (SSSR count). The highest BCUT2D eigenvalue weighted by Crippen LogP contribution is 2.30. The van der Waals surface area contributed by atoms with Crippen LogP contribution in [0.25, 0.3) is 5.70 Å². The van der Waals surface area contributed by atoms with E-state index in [1.165, 1.54) is 12.1 Å². The van der Waals surface area contributed by atoms with Gasteiger partial charge in [0.2, 0.25) is 0 Å². The highest BCUT2D eigenvalue weighted by Gasteiger charge is 2.14. The predicted molar refractivity (Wildman–Crippen MR) is 140 cm³/mol. The van der Waals surface area contributed by atoms with Crippen LogP contribution in [0.5, 0.6) is 11.5 Å². The highest BCUT2D eigenvalue weighted by molar-refractivity contribution is 5.69. The molecule has 0 saturated carbocycles. The van der Waals surface area contributed by atoms with Gasteiger partial charge in [0.15, 0.2) is 0 Å². The Hall–Kier alpha value is -3.98. The summed E-state index contributed by atoms with van der Waals surface area (Å²) in [5.74, 6) is 0.680. The van der Waals surface area contributed by atoms with Crippen LogP contribution >= 0.6 is 0 Å². The van der Waals surface area contributed by atoms with Crippen LogP contribution in [0.15, 0.2) is 66.4 Å². The number of hydrazine groups is 1. The second-order valence-electron chi connectivity index (χ2n) is 7.56. The predicted octanol–water partition coefficient (Wildman–Crippen LogP) is 5.91. The van der Waals surface area contributed by atoms with Gasteiger partial charge in [0.25, 0.3) is 0 Å². The Morgan fingerprint density at radius 3 is 2.60 bits per heavy atom. The zero-order chi connectivity index (χ0) is 25.4. The Labute approximate surface area is 207 Å². The summed E-state index contributed by atoms with van der Waals surface area (Å²) in [5.41, 5.74) is 5.91. The van der Waals surface area contributed by atoms with Gasteiger partial charge in [0.1, 0.15) is 35.1 Å². The van der Waals surface area contributed by atoms with Crippen molar-refractivity contribution in [2.24, 2.45) is 5.10 Å². The van der Waals surface area contributed by atoms with Crippen LogP contribution in [-0.4, -0.2) is 29.5 Å². The molecule has 0 amide bonds. The molecule has 2 heterocycles. The molecule has 7 nitrogen and oxygen atoms in total. The zero-order valence-electron chi connectivity index (χ0n) is 20.3. The Morgan fingerprint density at radius 1 is 1.17 bits per heavy atom. The third kappa shape index (κ3) is 7.00. The van der Waals surface area contributed by atoms with Gasteiger partial charge in [-0.25, -0.2) is 18.9 Å². The van der Waals surface area contributed by atoms with Gasteiger partial charge in [-0.2, -0.15) is 10.5 Å². The number of nitrogens with one attached hydrogen (secondary N) is 3. The van der Waals surface area contributed by atoms with Crippen LogP contribution in [0, 0.1) is 18.6 Å². The lowest BCUT2D eigenvalue weighted by molar-refractivity contribution is 0.269. The fraction of sp³-hybridized carbons (Fsp3) is 0.231. The van der Waals surface area contributed by atoms with E-state index in [-0.39, 0.29) is 15.6 Å². The number of hydrazone groups is 1. The summed E-state index contributed by atoms with van der Waals surface area (Å²) >= 11 is 0. The molecule has 3 N–H and O–H groups in total. The van der Waals surface area contributed by atoms with Gasteiger partial charge in [-0.05, 0) is 36.8 Å². The van der Waals surface area contributed by atoms with Crippen LogP contribution in [-0.2, 0) is 6.54 Å². The lowest BCUT2D eigenvalue weighted by atomic mass is 10.0. The topological polar surface area (TPSA) is 73.8 Å². The number of halogens is 2. The molecule has 1 aromatic heterocycles. The minimum Gasteiger partial charge on any atom is -0.457 e. The first kappa shape index (κ1) is 25.6. The molecule has 0 spiro atoms. The van der Waals surface area contributed by atoms with Crippen molar-refractivity contribution in [3.63, 3.8) is 0 Å². The number of rotatable bonds is 8. The van der Waals surface area contributed by atoms with Crippen molar-refractivity contribution in [1.82, 2.24) is 20.8 Å². The molecule has 0 aliphatic carbocycles. The lowest BCUT2D eigenvalue weighted by Gasteiger charge is -2.17. The molecule has 3 aromatic rings. The first-order valence-corrected chi connectivity index (χ1v) is 11.3. The summed E-state index contributed by atoms with van der Waals surface area (Å²) in [6.45, 7) is 10.2. The molecule has 2 aromatic carbocycles. The average Bonchev–Trinajstić information content (AvgIpc) is 3.24. The smallest absolute Gasteiger partial charge is 0.135 e. The van der Waals surface area contributed by atoms with E-state index in [1.807, 2.05) is 39.0 Å². The maximum atomic E-state index is 13.4. The molecule has 0 bridgehead atoms. The van der Waals surface area contributed by atoms with Crippen molar-refractivity contribution < 1.29 is 16.4 Å². The van der Waals surface area contributed by atoms with Crippen LogP contribution in [0.4, 0.5) is 14.6 Å². The van der Waals surface area contributed by atoms with Gasteiger partial charge in [-0.15, -0.1) is 0 Å². The number of aromatic nitrogens is 1. The molecular weight excluding hydrogens is 450 g/mol. The standard InChI is InChI=1S/C24H24F2N6O.C2H6.2H2/c1-15-21(16(2)28-13-17-9-18(25)11-19(26)10-17)5-4-6-22(15)33-20-7-8-27-23(12-20)30-24-14-29-32(3)31-24;1-2;;/h4-12,14,24,28,31H,2,13H2,1,3H3,(H,27,30);1-2H3;2*1H. The van der Waals surface area contributed by atoms with Gasteiger partial charge in [0, 0.05) is 51.6 Å². The molecular formula is C26H34F2N6O. The summed E-state index contributed by atoms with van der Waals surface area (Å²) in [6, 6.07) is 12.6. The van der Waals surface area contributed by atoms with E-state index < -0.39 is 11.6 Å². The Bertz CT molecular complexity index is 1190. The maximum absolute atomic E-state index is 13.4. The summed E-state index contributed by atoms with van der Waals surface area (Å²) in [4.78, 5) is 4.31. The number of ether oxygens (including phenoxy) is 1. The number of hydrogen-bond acceptors (Lipinski definition) is 7. The van der Waals surface area contributed by atoms with Crippen molar-refractivity contribution in [2.75, 3.05) is 12.4 Å². The SMILES string of the molecule is C=C(NCc1cc(F)cc(F)c1)c1cccc(Oc2ccnc(NC3C=NN(C)N3)c2)c1C.CC.[HH].[HH]. The minimum atomic E-state index is -0.613. The van der Waals surface area contributed by atoms with E-state index in [4.69, 9.17) is 4.74 Å². The Balaban J connectivity index is 0.00000167. The normalized spacial score (nSPS) is 14.2. The van der Waals surface area contributed by atoms with Gasteiger partial charge < -0.3 is 15.4 Å². The van der Waals surface area contributed by atoms with E-state index in [9.17, 15) is 8.78 Å². The van der Waals surface area contributed by atoms with Gasteiger partial charge in [-0.1, -0.05) is 32.6 Å². The monoisotopic (exact) mass is 484 g/mol. The molecule has 1 unspecified atom stereocenters. The number of benzene rings is 2. The van der Waals surface area contributed by atoms with Crippen LogP contribution in [0.2, 0.25) is 0 Å². The van der Waals surface area contributed by atoms with Crippen molar-refractivity contribution in [2.45, 2.75) is 33.5 Å². The first-order valence-electron chi connectivity index (χ1n) is 11.3. The van der Waals surface area contributed by atoms with E-state index in [0.29, 0.717) is 28.6 Å².